The zero-order chi connectivity index (χ0) is 81.6. The van der Waals surface area contributed by atoms with Crippen molar-refractivity contribution in [2.24, 2.45) is 11.8 Å². The third kappa shape index (κ3) is 16.8. The number of esters is 2. The highest BCUT2D eigenvalue weighted by atomic mass is 35.5. The lowest BCUT2D eigenvalue weighted by molar-refractivity contribution is -0.140. The van der Waals surface area contributed by atoms with Crippen molar-refractivity contribution in [3.8, 4) is 46.0 Å². The van der Waals surface area contributed by atoms with Gasteiger partial charge in [-0.05, 0) is 154 Å². The lowest BCUT2D eigenvalue weighted by Gasteiger charge is -2.38. The molecule has 2 N–H and O–H groups in total. The van der Waals surface area contributed by atoms with Gasteiger partial charge < -0.3 is 48.5 Å². The molecule has 0 radical (unpaired) electrons. The number of carbonyl (C=O) groups excluding carboxylic acids is 8. The second-order valence-electron chi connectivity index (χ2n) is 34.0. The summed E-state index contributed by atoms with van der Waals surface area (Å²) in [6.07, 6.45) is 5.05. The first-order chi connectivity index (χ1) is 54.1. The molecule has 20 nitrogen and oxygen atoms in total. The molecule has 4 aliphatic rings. The van der Waals surface area contributed by atoms with Gasteiger partial charge in [0, 0.05) is 56.2 Å². The molecule has 0 saturated heterocycles. The SMILES string of the molecule is C=C(Cl)C(=O)OCCOCCNC(=O)C(C1CCCC1)N1C(=O)c2cc(Oc3ccc(C(C)(C)C)cc3)c3c4c(Oc5ccc(C(C)(C)C)cc5)cc5c6c(cc(Oc7ccc(C(C)(C)C)cc7)c(c7c(Oc8ccc(C(C)(C)C)cc8)cc(c2c37)C1=O)c64)C(=O)N(C(C(=O)NCCOCCOC(=O)C(=C)Cl)C1CCCC1)C5=O. The maximum atomic E-state index is 16.7. The minimum atomic E-state index is -1.33. The predicted octanol–water partition coefficient (Wildman–Crippen LogP) is 19.3. The summed E-state index contributed by atoms with van der Waals surface area (Å²) in [6.45, 7) is 31.6. The van der Waals surface area contributed by atoms with E-state index >= 15 is 28.8 Å². The van der Waals surface area contributed by atoms with Crippen LogP contribution in [0.4, 0.5) is 0 Å². The lowest BCUT2D eigenvalue weighted by Crippen LogP contribution is -2.56. The molecule has 9 aromatic carbocycles. The van der Waals surface area contributed by atoms with Gasteiger partial charge in [0.05, 0.1) is 48.7 Å². The number of ether oxygens (including phenoxy) is 8. The molecule has 114 heavy (non-hydrogen) atoms. The fraction of sp³-hybridized carbons (Fsp3) is 0.391. The topological polar surface area (TPSA) is 241 Å². The monoisotopic (exact) mass is 1580 g/mol. The summed E-state index contributed by atoms with van der Waals surface area (Å²) in [5.41, 5.74) is 2.92. The Balaban J connectivity index is 1.11. The lowest BCUT2D eigenvalue weighted by atomic mass is 9.79. The Morgan fingerprint density at radius 1 is 0.377 bits per heavy atom. The highest BCUT2D eigenvalue weighted by Gasteiger charge is 2.50. The molecule has 2 saturated carbocycles. The fourth-order valence-corrected chi connectivity index (χ4v) is 16.2. The summed E-state index contributed by atoms with van der Waals surface area (Å²) in [7, 11) is 0. The first kappa shape index (κ1) is 81.6. The Bertz CT molecular complexity index is 4710. The number of nitrogens with one attached hydrogen (secondary N) is 2. The summed E-state index contributed by atoms with van der Waals surface area (Å²) in [6, 6.07) is 34.2. The first-order valence-electron chi connectivity index (χ1n) is 39.1. The van der Waals surface area contributed by atoms with Gasteiger partial charge in [0.2, 0.25) is 11.8 Å². The number of fused-ring (bicyclic) bond motifs is 2. The minimum Gasteiger partial charge on any atom is -0.459 e. The number of halogens is 2. The van der Waals surface area contributed by atoms with Crippen LogP contribution in [0.3, 0.4) is 0 Å². The van der Waals surface area contributed by atoms with Crippen molar-refractivity contribution >= 4 is 114 Å². The van der Waals surface area contributed by atoms with Crippen molar-refractivity contribution in [3.05, 3.63) is 189 Å². The average Bonchev–Trinajstić information content (AvgIpc) is 0.702. The van der Waals surface area contributed by atoms with Crippen molar-refractivity contribution in [1.29, 1.82) is 0 Å². The van der Waals surface area contributed by atoms with Crippen molar-refractivity contribution in [1.82, 2.24) is 20.4 Å². The van der Waals surface area contributed by atoms with Gasteiger partial charge in [-0.15, -0.1) is 0 Å². The maximum absolute atomic E-state index is 16.7. The molecular weight excluding hydrogens is 1490 g/mol. The van der Waals surface area contributed by atoms with Crippen LogP contribution in [-0.2, 0) is 59.8 Å². The molecule has 2 atom stereocenters. The number of hydrogen-bond donors (Lipinski definition) is 2. The molecular formula is C92H98Cl2N4O16. The normalized spacial score (nSPS) is 15.5. The van der Waals surface area contributed by atoms with Gasteiger partial charge in [-0.2, -0.15) is 0 Å². The van der Waals surface area contributed by atoms with E-state index in [4.69, 9.17) is 61.1 Å². The average molecular weight is 1590 g/mol. The van der Waals surface area contributed by atoms with Crippen LogP contribution in [0.1, 0.15) is 198 Å². The van der Waals surface area contributed by atoms with Gasteiger partial charge in [-0.25, -0.2) is 9.59 Å². The van der Waals surface area contributed by atoms with Crippen molar-refractivity contribution in [2.75, 3.05) is 52.7 Å². The molecule has 6 amide bonds. The molecule has 0 bridgehead atoms. The van der Waals surface area contributed by atoms with E-state index in [1.807, 2.05) is 97.1 Å². The largest absolute Gasteiger partial charge is 0.459 e. The van der Waals surface area contributed by atoms with Gasteiger partial charge in [-0.1, -0.05) is 194 Å². The van der Waals surface area contributed by atoms with Crippen LogP contribution in [0.25, 0.3) is 43.1 Å². The molecule has 2 unspecified atom stereocenters. The standard InChI is InChI=1S/C92H98Cl2N4O16/c1-51(93)87(105)109-45-43-107-41-39-95-81(99)79(53-19-15-16-20-53)97-83(101)63-47-67(111-59-31-23-55(24-32-59)89(3,4)5)73-75-69(113-61-35-27-57(28-36-61)91(9,10)11)49-65-72-66(86(104)98(85(65)103)80(54-21-17-18-22-54)82(100)96-40-42-108-44-46-110-88(106)52(2)94)50-70(114-62-37-29-58(30-38-62)92(12,13)14)76(78(72)75)74-68(48-64(84(97)102)71(63)77(73)74)112-60-33-25-56(26-34-60)90(6,7)8/h23-38,47-50,53-54,79-80H,1-2,15-22,39-46H2,3-14H3,(H,95,99)(H,96,100). The van der Waals surface area contributed by atoms with E-state index in [0.29, 0.717) is 48.7 Å². The van der Waals surface area contributed by atoms with E-state index < -0.39 is 71.3 Å². The molecule has 0 aromatic heterocycles. The van der Waals surface area contributed by atoms with E-state index in [2.05, 4.69) is 107 Å². The zero-order valence-electron chi connectivity index (χ0n) is 66.8. The van der Waals surface area contributed by atoms with Gasteiger partial charge in [0.1, 0.15) is 81.4 Å². The van der Waals surface area contributed by atoms with E-state index in [0.717, 1.165) is 57.7 Å². The van der Waals surface area contributed by atoms with Crippen LogP contribution in [0, 0.1) is 11.8 Å². The number of amides is 6. The summed E-state index contributed by atoms with van der Waals surface area (Å²) >= 11 is 11.4. The van der Waals surface area contributed by atoms with Gasteiger partial charge in [0.15, 0.2) is 0 Å². The van der Waals surface area contributed by atoms with Crippen LogP contribution in [-0.4, -0.2) is 122 Å². The number of benzene rings is 9. The van der Waals surface area contributed by atoms with Crippen LogP contribution in [0.2, 0.25) is 0 Å². The smallest absolute Gasteiger partial charge is 0.349 e. The summed E-state index contributed by atoms with van der Waals surface area (Å²) < 4.78 is 51.2. The number of hydrogen-bond acceptors (Lipinski definition) is 16. The van der Waals surface area contributed by atoms with Gasteiger partial charge in [0.25, 0.3) is 23.6 Å². The van der Waals surface area contributed by atoms with E-state index in [-0.39, 0.29) is 173 Å². The van der Waals surface area contributed by atoms with Crippen molar-refractivity contribution in [2.45, 2.75) is 168 Å². The molecule has 2 aliphatic carbocycles. The quantitative estimate of drug-likeness (QED) is 0.0116. The number of nitrogens with zero attached hydrogens (tertiary/aromatic N) is 2. The second-order valence-corrected chi connectivity index (χ2v) is 34.9. The van der Waals surface area contributed by atoms with Crippen LogP contribution >= 0.6 is 23.2 Å². The first-order valence-corrected chi connectivity index (χ1v) is 39.8. The van der Waals surface area contributed by atoms with Gasteiger partial charge >= 0.3 is 11.9 Å². The Labute approximate surface area is 674 Å². The van der Waals surface area contributed by atoms with Crippen molar-refractivity contribution < 1.29 is 76.3 Å². The Morgan fingerprint density at radius 3 is 0.851 bits per heavy atom. The molecule has 2 aliphatic heterocycles. The molecule has 0 spiro atoms. The zero-order valence-corrected chi connectivity index (χ0v) is 68.3. The van der Waals surface area contributed by atoms with Gasteiger partial charge in [-0.3, -0.25) is 38.6 Å². The third-order valence-corrected chi connectivity index (χ3v) is 22.3. The molecule has 13 rings (SSSR count). The number of imide groups is 2. The number of carbonyl (C=O) groups is 8. The summed E-state index contributed by atoms with van der Waals surface area (Å²) in [5.74, 6) is -5.07. The van der Waals surface area contributed by atoms with Crippen LogP contribution in [0.15, 0.2) is 145 Å². The summed E-state index contributed by atoms with van der Waals surface area (Å²) in [5, 5.41) is 7.44. The Kier molecular flexibility index (Phi) is 23.5. The molecule has 22 heteroatoms. The van der Waals surface area contributed by atoms with E-state index in [1.54, 1.807) is 24.3 Å². The highest BCUT2D eigenvalue weighted by molar-refractivity contribution is 6.45. The van der Waals surface area contributed by atoms with Crippen molar-refractivity contribution in [3.63, 3.8) is 0 Å². The van der Waals surface area contributed by atoms with Crippen LogP contribution < -0.4 is 29.6 Å². The fourth-order valence-electron chi connectivity index (χ4n) is 16.1. The second kappa shape index (κ2) is 32.8. The Hall–Kier alpha value is -10.4. The van der Waals surface area contributed by atoms with Crippen LogP contribution in [0.5, 0.6) is 46.0 Å². The molecule has 596 valence electrons. The maximum Gasteiger partial charge on any atom is 0.349 e. The third-order valence-electron chi connectivity index (χ3n) is 22.0. The molecule has 9 aromatic rings. The molecule has 2 heterocycles. The predicted molar refractivity (Wildman–Crippen MR) is 441 cm³/mol. The van der Waals surface area contributed by atoms with E-state index in [9.17, 15) is 9.59 Å². The van der Waals surface area contributed by atoms with E-state index in [1.165, 1.54) is 0 Å². The number of rotatable bonds is 28. The highest BCUT2D eigenvalue weighted by Crippen LogP contribution is 2.59. The summed E-state index contributed by atoms with van der Waals surface area (Å²) in [4.78, 5) is 123. The minimum absolute atomic E-state index is 0.0120. The molecule has 2 fully saturated rings. The Morgan fingerprint density at radius 2 is 0.623 bits per heavy atom.